The van der Waals surface area contributed by atoms with Crippen LogP contribution in [0.2, 0.25) is 0 Å². The lowest BCUT2D eigenvalue weighted by Gasteiger charge is -2.08. The molecule has 15 heavy (non-hydrogen) atoms. The summed E-state index contributed by atoms with van der Waals surface area (Å²) in [5.74, 6) is -1.34. The summed E-state index contributed by atoms with van der Waals surface area (Å²) < 4.78 is 26.2. The Morgan fingerprint density at radius 2 is 2.13 bits per heavy atom. The van der Waals surface area contributed by atoms with Crippen molar-refractivity contribution in [2.75, 3.05) is 11.9 Å². The molecule has 0 aromatic heterocycles. The normalized spacial score (nSPS) is 11.7. The van der Waals surface area contributed by atoms with E-state index in [1.165, 1.54) is 5.54 Å². The van der Waals surface area contributed by atoms with Crippen LogP contribution in [-0.4, -0.2) is 6.54 Å². The number of anilines is 1. The highest BCUT2D eigenvalue weighted by Crippen LogP contribution is 2.27. The van der Waals surface area contributed by atoms with Crippen molar-refractivity contribution in [1.29, 1.82) is 0 Å². The van der Waals surface area contributed by atoms with Crippen LogP contribution in [0.4, 0.5) is 14.5 Å². The Kier molecular flexibility index (Phi) is 4.83. The number of rotatable bonds is 3. The molecule has 0 aliphatic rings. The lowest BCUT2D eigenvalue weighted by atomic mass is 10.3. The van der Waals surface area contributed by atoms with E-state index in [4.69, 9.17) is 23.2 Å². The Morgan fingerprint density at radius 1 is 1.47 bits per heavy atom. The molecule has 1 nitrogen and oxygen atoms in total. The zero-order chi connectivity index (χ0) is 11.4. The molecule has 0 amide bonds. The van der Waals surface area contributed by atoms with E-state index in [1.54, 1.807) is 0 Å². The first-order valence-corrected chi connectivity index (χ1v) is 5.48. The van der Waals surface area contributed by atoms with Gasteiger partial charge in [0.25, 0.3) is 0 Å². The molecule has 6 heteroatoms. The molecule has 0 saturated heterocycles. The average Bonchev–Trinajstić information content (AvgIpc) is 2.15. The van der Waals surface area contributed by atoms with Crippen LogP contribution in [0.3, 0.4) is 0 Å². The minimum absolute atomic E-state index is 0.146. The molecule has 1 rings (SSSR count). The van der Waals surface area contributed by atoms with Gasteiger partial charge >= 0.3 is 0 Å². The van der Waals surface area contributed by atoms with Crippen LogP contribution in [0, 0.1) is 11.6 Å². The number of halogens is 5. The second-order valence-corrected chi connectivity index (χ2v) is 4.21. The topological polar surface area (TPSA) is 12.0 Å². The van der Waals surface area contributed by atoms with Gasteiger partial charge in [-0.1, -0.05) is 23.2 Å². The fraction of sp³-hybridized carbons (Fsp3) is 0.111. The zero-order valence-electron chi connectivity index (χ0n) is 7.33. The molecule has 0 atom stereocenters. The first-order valence-electron chi connectivity index (χ1n) is 3.87. The smallest absolute Gasteiger partial charge is 0.150 e. The van der Waals surface area contributed by atoms with E-state index in [0.29, 0.717) is 9.51 Å². The minimum Gasteiger partial charge on any atom is -0.377 e. The van der Waals surface area contributed by atoms with Gasteiger partial charge in [-0.05, 0) is 22.0 Å². The molecule has 1 aromatic carbocycles. The van der Waals surface area contributed by atoms with Crippen molar-refractivity contribution >= 4 is 44.8 Å². The molecular weight excluding hydrogens is 311 g/mol. The lowest BCUT2D eigenvalue weighted by Crippen LogP contribution is -2.04. The summed E-state index contributed by atoms with van der Waals surface area (Å²) >= 11 is 14.0. The Balaban J connectivity index is 2.86. The van der Waals surface area contributed by atoms with Gasteiger partial charge in [-0.25, -0.2) is 8.78 Å². The van der Waals surface area contributed by atoms with Gasteiger partial charge < -0.3 is 5.32 Å². The zero-order valence-corrected chi connectivity index (χ0v) is 10.4. The Hall–Kier alpha value is -0.320. The van der Waals surface area contributed by atoms with E-state index in [-0.39, 0.29) is 12.2 Å². The molecule has 1 N–H and O–H groups in total. The van der Waals surface area contributed by atoms with E-state index in [1.807, 2.05) is 0 Å². The number of nitrogens with one attached hydrogen (secondary N) is 1. The fourth-order valence-corrected chi connectivity index (χ4v) is 1.61. The largest absolute Gasteiger partial charge is 0.377 e. The van der Waals surface area contributed by atoms with E-state index < -0.39 is 11.6 Å². The molecule has 82 valence electrons. The fourth-order valence-electron chi connectivity index (χ4n) is 0.922. The molecule has 0 heterocycles. The summed E-state index contributed by atoms with van der Waals surface area (Å²) in [4.78, 5) is 0. The van der Waals surface area contributed by atoms with E-state index in [9.17, 15) is 8.78 Å². The molecule has 0 saturated carbocycles. The third-order valence-corrected chi connectivity index (χ3v) is 2.80. The van der Waals surface area contributed by atoms with Crippen molar-refractivity contribution in [3.8, 4) is 0 Å². The lowest BCUT2D eigenvalue weighted by molar-refractivity contribution is 0.584. The predicted octanol–water partition coefficient (Wildman–Crippen LogP) is 4.46. The Bertz CT molecular complexity index is 373. The van der Waals surface area contributed by atoms with Gasteiger partial charge in [0, 0.05) is 21.1 Å². The standard InChI is InChI=1S/C9H6BrCl2F2N/c10-7-1-6(13)2-8(14)9(7)15-4-5(12)3-11/h1-3,15H,4H2. The molecular formula is C9H6BrCl2F2N. The van der Waals surface area contributed by atoms with E-state index >= 15 is 0 Å². The number of hydrogen-bond acceptors (Lipinski definition) is 1. The van der Waals surface area contributed by atoms with Gasteiger partial charge in [0.15, 0.2) is 0 Å². The summed E-state index contributed by atoms with van der Waals surface area (Å²) in [6.45, 7) is 0.173. The molecule has 0 aliphatic carbocycles. The molecule has 0 radical (unpaired) electrons. The minimum atomic E-state index is -0.694. The van der Waals surface area contributed by atoms with Crippen LogP contribution in [0.1, 0.15) is 0 Å². The molecule has 0 spiro atoms. The molecule has 0 aliphatic heterocycles. The van der Waals surface area contributed by atoms with Crippen LogP contribution in [0.5, 0.6) is 0 Å². The van der Waals surface area contributed by atoms with Crippen LogP contribution in [0.15, 0.2) is 27.2 Å². The van der Waals surface area contributed by atoms with Crippen molar-refractivity contribution < 1.29 is 8.78 Å². The van der Waals surface area contributed by atoms with Crippen molar-refractivity contribution in [2.45, 2.75) is 0 Å². The average molecular weight is 317 g/mol. The summed E-state index contributed by atoms with van der Waals surface area (Å²) in [7, 11) is 0. The first-order chi connectivity index (χ1) is 7.04. The van der Waals surface area contributed by atoms with Gasteiger partial charge in [0.2, 0.25) is 0 Å². The van der Waals surface area contributed by atoms with E-state index in [0.717, 1.165) is 12.1 Å². The summed E-state index contributed by atoms with van der Waals surface area (Å²) in [6, 6.07) is 1.94. The first kappa shape index (κ1) is 12.7. The van der Waals surface area contributed by atoms with Crippen molar-refractivity contribution in [3.05, 3.63) is 38.8 Å². The van der Waals surface area contributed by atoms with Gasteiger partial charge in [0.05, 0.1) is 12.2 Å². The Morgan fingerprint density at radius 3 is 2.67 bits per heavy atom. The van der Waals surface area contributed by atoms with Crippen LogP contribution in [0.25, 0.3) is 0 Å². The summed E-state index contributed by atoms with van der Waals surface area (Å²) in [5, 5.41) is 3.01. The van der Waals surface area contributed by atoms with Crippen molar-refractivity contribution in [1.82, 2.24) is 0 Å². The van der Waals surface area contributed by atoms with Gasteiger partial charge in [-0.3, -0.25) is 0 Å². The van der Waals surface area contributed by atoms with Gasteiger partial charge in [0.1, 0.15) is 11.6 Å². The summed E-state index contributed by atoms with van der Waals surface area (Å²) in [6.07, 6.45) is 0. The Labute approximate surface area is 104 Å². The van der Waals surface area contributed by atoms with Gasteiger partial charge in [-0.2, -0.15) is 0 Å². The highest BCUT2D eigenvalue weighted by atomic mass is 79.9. The maximum absolute atomic E-state index is 13.2. The molecule has 0 bridgehead atoms. The monoisotopic (exact) mass is 315 g/mol. The molecule has 0 fully saturated rings. The van der Waals surface area contributed by atoms with Crippen LogP contribution >= 0.6 is 39.1 Å². The van der Waals surface area contributed by atoms with Crippen LogP contribution < -0.4 is 5.32 Å². The third kappa shape index (κ3) is 3.63. The quantitative estimate of drug-likeness (QED) is 0.868. The number of benzene rings is 1. The molecule has 1 aromatic rings. The maximum Gasteiger partial charge on any atom is 0.150 e. The highest BCUT2D eigenvalue weighted by molar-refractivity contribution is 9.10. The number of hydrogen-bond donors (Lipinski definition) is 1. The summed E-state index contributed by atoms with van der Waals surface area (Å²) in [5.41, 5.74) is 1.32. The van der Waals surface area contributed by atoms with E-state index in [2.05, 4.69) is 21.2 Å². The third-order valence-electron chi connectivity index (χ3n) is 1.56. The van der Waals surface area contributed by atoms with Crippen LogP contribution in [-0.2, 0) is 0 Å². The van der Waals surface area contributed by atoms with Gasteiger partial charge in [-0.15, -0.1) is 0 Å². The molecule has 0 unspecified atom stereocenters. The van der Waals surface area contributed by atoms with Crippen molar-refractivity contribution in [3.63, 3.8) is 0 Å². The highest BCUT2D eigenvalue weighted by Gasteiger charge is 2.09. The maximum atomic E-state index is 13.2. The van der Waals surface area contributed by atoms with Crippen molar-refractivity contribution in [2.24, 2.45) is 0 Å². The SMILES string of the molecule is Fc1cc(F)c(NCC(Cl)=CCl)c(Br)c1. The second-order valence-electron chi connectivity index (χ2n) is 2.65. The second kappa shape index (κ2) is 5.68. The predicted molar refractivity (Wildman–Crippen MR) is 62.3 cm³/mol.